The minimum absolute atomic E-state index is 0.332. The molecule has 1 rings (SSSR count). The van der Waals surface area contributed by atoms with Gasteiger partial charge in [-0.25, -0.2) is 0 Å². The molecule has 0 aliphatic rings. The molecule has 0 saturated heterocycles. The summed E-state index contributed by atoms with van der Waals surface area (Å²) in [7, 11) is 0. The first-order valence-electron chi connectivity index (χ1n) is 4.25. The predicted molar refractivity (Wildman–Crippen MR) is 49.2 cm³/mol. The van der Waals surface area contributed by atoms with Gasteiger partial charge in [0.05, 0.1) is 18.5 Å². The first-order chi connectivity index (χ1) is 6.24. The summed E-state index contributed by atoms with van der Waals surface area (Å²) < 4.78 is 5.04. The largest absolute Gasteiger partial charge is 0.469 e. The van der Waals surface area contributed by atoms with Crippen molar-refractivity contribution in [2.24, 2.45) is 0 Å². The molecule has 0 radical (unpaired) electrons. The second-order valence-electron chi connectivity index (χ2n) is 2.87. The lowest BCUT2D eigenvalue weighted by molar-refractivity contribution is 0.0459. The first-order valence-corrected chi connectivity index (χ1v) is 4.25. The van der Waals surface area contributed by atoms with E-state index in [0.717, 1.165) is 0 Å². The molecule has 0 spiro atoms. The molecule has 3 nitrogen and oxygen atoms in total. The lowest BCUT2D eigenvalue weighted by Gasteiger charge is -2.12. The molecule has 1 heterocycles. The van der Waals surface area contributed by atoms with Gasteiger partial charge < -0.3 is 14.6 Å². The van der Waals surface area contributed by atoms with Crippen molar-refractivity contribution in [1.82, 2.24) is 0 Å². The number of rotatable bonds is 4. The topological polar surface area (TPSA) is 53.6 Å². The summed E-state index contributed by atoms with van der Waals surface area (Å²) in [5, 5.41) is 18.8. The number of furan rings is 1. The Morgan fingerprint density at radius 2 is 2.31 bits per heavy atom. The molecular formula is C10H14O3. The lowest BCUT2D eigenvalue weighted by Crippen LogP contribution is -2.25. The van der Waals surface area contributed by atoms with Gasteiger partial charge in [-0.05, 0) is 19.1 Å². The first kappa shape index (κ1) is 10.0. The van der Waals surface area contributed by atoms with Crippen LogP contribution in [-0.4, -0.2) is 22.4 Å². The Balaban J connectivity index is 2.45. The highest BCUT2D eigenvalue weighted by molar-refractivity contribution is 5.02. The third kappa shape index (κ3) is 3.05. The van der Waals surface area contributed by atoms with E-state index in [1.807, 2.05) is 0 Å². The van der Waals surface area contributed by atoms with Crippen molar-refractivity contribution in [3.8, 4) is 0 Å². The van der Waals surface area contributed by atoms with Crippen LogP contribution in [0.3, 0.4) is 0 Å². The van der Waals surface area contributed by atoms with Crippen LogP contribution in [0.5, 0.6) is 0 Å². The van der Waals surface area contributed by atoms with Crippen LogP contribution >= 0.6 is 0 Å². The zero-order chi connectivity index (χ0) is 9.68. The monoisotopic (exact) mass is 182 g/mol. The maximum absolute atomic E-state index is 9.46. The number of hydrogen-bond donors (Lipinski definition) is 2. The molecule has 1 aromatic rings. The zero-order valence-electron chi connectivity index (χ0n) is 7.55. The van der Waals surface area contributed by atoms with Gasteiger partial charge in [-0.2, -0.15) is 0 Å². The Morgan fingerprint density at radius 3 is 2.85 bits per heavy atom. The Labute approximate surface area is 77.3 Å². The smallest absolute Gasteiger partial charge is 0.106 e. The van der Waals surface area contributed by atoms with Crippen molar-refractivity contribution in [2.45, 2.75) is 25.6 Å². The van der Waals surface area contributed by atoms with Crippen LogP contribution < -0.4 is 0 Å². The fourth-order valence-corrected chi connectivity index (χ4v) is 1.08. The molecule has 2 atom stereocenters. The second kappa shape index (κ2) is 4.84. The van der Waals surface area contributed by atoms with Gasteiger partial charge in [0.2, 0.25) is 0 Å². The van der Waals surface area contributed by atoms with Crippen LogP contribution in [0.15, 0.2) is 35.0 Å². The molecule has 3 heteroatoms. The fourth-order valence-electron chi connectivity index (χ4n) is 1.08. The summed E-state index contributed by atoms with van der Waals surface area (Å²) in [6.45, 7) is 1.79. The molecule has 0 bridgehead atoms. The average molecular weight is 182 g/mol. The van der Waals surface area contributed by atoms with Crippen molar-refractivity contribution in [3.63, 3.8) is 0 Å². The Hall–Kier alpha value is -1.06. The van der Waals surface area contributed by atoms with Crippen LogP contribution in [-0.2, 0) is 6.42 Å². The number of aliphatic hydroxyl groups excluding tert-OH is 2. The maximum atomic E-state index is 9.46. The molecule has 2 N–H and O–H groups in total. The van der Waals surface area contributed by atoms with Crippen LogP contribution in [0.4, 0.5) is 0 Å². The van der Waals surface area contributed by atoms with Gasteiger partial charge in [-0.15, -0.1) is 0 Å². The van der Waals surface area contributed by atoms with Crippen molar-refractivity contribution in [1.29, 1.82) is 0 Å². The van der Waals surface area contributed by atoms with Gasteiger partial charge >= 0.3 is 0 Å². The Morgan fingerprint density at radius 1 is 1.54 bits per heavy atom. The second-order valence-corrected chi connectivity index (χ2v) is 2.87. The SMILES string of the molecule is C/C=C\[C@@H](O)[C@H](O)Cc1ccco1. The normalized spacial score (nSPS) is 16.2. The Bertz CT molecular complexity index is 251. The minimum atomic E-state index is -0.824. The van der Waals surface area contributed by atoms with Gasteiger partial charge in [0, 0.05) is 6.42 Å². The summed E-state index contributed by atoms with van der Waals surface area (Å²) in [5.74, 6) is 0.677. The van der Waals surface area contributed by atoms with E-state index in [4.69, 9.17) is 4.42 Å². The van der Waals surface area contributed by atoms with Crippen molar-refractivity contribution < 1.29 is 14.6 Å². The molecule has 0 aromatic carbocycles. The van der Waals surface area contributed by atoms with Crippen molar-refractivity contribution in [2.75, 3.05) is 0 Å². The Kier molecular flexibility index (Phi) is 3.73. The van der Waals surface area contributed by atoms with Crippen LogP contribution in [0, 0.1) is 0 Å². The van der Waals surface area contributed by atoms with Gasteiger partial charge in [-0.3, -0.25) is 0 Å². The highest BCUT2D eigenvalue weighted by Crippen LogP contribution is 2.07. The van der Waals surface area contributed by atoms with E-state index in [1.165, 1.54) is 0 Å². The van der Waals surface area contributed by atoms with E-state index in [2.05, 4.69) is 0 Å². The summed E-state index contributed by atoms with van der Waals surface area (Å²) >= 11 is 0. The summed E-state index contributed by atoms with van der Waals surface area (Å²) in [4.78, 5) is 0. The molecule has 0 amide bonds. The lowest BCUT2D eigenvalue weighted by atomic mass is 10.1. The molecule has 0 saturated carbocycles. The molecule has 0 aliphatic carbocycles. The van der Waals surface area contributed by atoms with Crippen LogP contribution in [0.25, 0.3) is 0 Å². The fraction of sp³-hybridized carbons (Fsp3) is 0.400. The zero-order valence-corrected chi connectivity index (χ0v) is 7.55. The number of hydrogen-bond acceptors (Lipinski definition) is 3. The molecule has 1 aromatic heterocycles. The highest BCUT2D eigenvalue weighted by Gasteiger charge is 2.14. The van der Waals surface area contributed by atoms with Crippen molar-refractivity contribution in [3.05, 3.63) is 36.3 Å². The molecular weight excluding hydrogens is 168 g/mol. The van der Waals surface area contributed by atoms with Gasteiger partial charge in [-0.1, -0.05) is 12.2 Å². The molecule has 0 unspecified atom stereocenters. The van der Waals surface area contributed by atoms with E-state index in [0.29, 0.717) is 12.2 Å². The van der Waals surface area contributed by atoms with Crippen LogP contribution in [0.1, 0.15) is 12.7 Å². The highest BCUT2D eigenvalue weighted by atomic mass is 16.3. The van der Waals surface area contributed by atoms with Gasteiger partial charge in [0.15, 0.2) is 0 Å². The molecule has 0 aliphatic heterocycles. The predicted octanol–water partition coefficient (Wildman–Crippen LogP) is 1.12. The molecule has 0 fully saturated rings. The van der Waals surface area contributed by atoms with Gasteiger partial charge in [0.1, 0.15) is 5.76 Å². The standard InChI is InChI=1S/C10H14O3/c1-2-4-9(11)10(12)7-8-5-3-6-13-8/h2-6,9-12H,7H2,1H3/b4-2-/t9-,10-/m1/s1. The number of aliphatic hydroxyl groups is 2. The van der Waals surface area contributed by atoms with E-state index >= 15 is 0 Å². The molecule has 13 heavy (non-hydrogen) atoms. The summed E-state index contributed by atoms with van der Waals surface area (Å²) in [6.07, 6.45) is 3.50. The molecule has 72 valence electrons. The third-order valence-corrected chi connectivity index (χ3v) is 1.77. The third-order valence-electron chi connectivity index (χ3n) is 1.77. The van der Waals surface area contributed by atoms with Crippen molar-refractivity contribution >= 4 is 0 Å². The van der Waals surface area contributed by atoms with Crippen LogP contribution in [0.2, 0.25) is 0 Å². The maximum Gasteiger partial charge on any atom is 0.106 e. The number of allylic oxidation sites excluding steroid dienone is 1. The summed E-state index contributed by atoms with van der Waals surface area (Å²) in [5.41, 5.74) is 0. The van der Waals surface area contributed by atoms with E-state index < -0.39 is 12.2 Å². The van der Waals surface area contributed by atoms with E-state index in [-0.39, 0.29) is 0 Å². The minimum Gasteiger partial charge on any atom is -0.469 e. The summed E-state index contributed by atoms with van der Waals surface area (Å²) in [6, 6.07) is 3.52. The van der Waals surface area contributed by atoms with E-state index in [9.17, 15) is 10.2 Å². The van der Waals surface area contributed by atoms with Gasteiger partial charge in [0.25, 0.3) is 0 Å². The van der Waals surface area contributed by atoms with E-state index in [1.54, 1.807) is 37.5 Å². The quantitative estimate of drug-likeness (QED) is 0.686. The average Bonchev–Trinajstić information content (AvgIpc) is 2.57.